The molecule has 5 rings (SSSR count). The Morgan fingerprint density at radius 1 is 0.438 bits per heavy atom. The van der Waals surface area contributed by atoms with E-state index in [0.29, 0.717) is 0 Å². The summed E-state index contributed by atoms with van der Waals surface area (Å²) < 4.78 is 0. The van der Waals surface area contributed by atoms with Gasteiger partial charge in [0, 0.05) is 23.5 Å². The maximum absolute atomic E-state index is 9.69. The Bertz CT molecular complexity index is 1280. The van der Waals surface area contributed by atoms with Crippen molar-refractivity contribution in [3.8, 4) is 56.5 Å². The lowest BCUT2D eigenvalue weighted by atomic mass is 10.1. The molecule has 0 aliphatic carbocycles. The molecule has 0 aliphatic rings. The van der Waals surface area contributed by atoms with Crippen molar-refractivity contribution in [3.63, 3.8) is 0 Å². The van der Waals surface area contributed by atoms with Gasteiger partial charge in [-0.2, -0.15) is 0 Å². The third kappa shape index (κ3) is 4.04. The normalized spacial score (nSPS) is 10.8. The number of benzene rings is 2. The molecular weight excluding hydrogens is 398 g/mol. The predicted molar refractivity (Wildman–Crippen MR) is 125 cm³/mol. The van der Waals surface area contributed by atoms with E-state index in [-0.39, 0.29) is 11.5 Å². The standard InChI is InChI=1S/C27H19N3O2/c31-22-6-1-4-18(14-22)20-10-12-24(28-16-20)26-8-3-9-27(30-26)25-13-11-21(17-29-25)19-5-2-7-23(32)15-19/h1-17,31-32H. The molecule has 0 amide bonds. The van der Waals surface area contributed by atoms with E-state index in [1.54, 1.807) is 36.7 Å². The SMILES string of the molecule is Oc1cccc(-c2ccc(-c3cccc(-c4ccc(-c5cccc(O)c5)cn4)n3)nc2)c1. The summed E-state index contributed by atoms with van der Waals surface area (Å²) in [7, 11) is 0. The van der Waals surface area contributed by atoms with Gasteiger partial charge in [0.15, 0.2) is 0 Å². The van der Waals surface area contributed by atoms with Gasteiger partial charge in [-0.15, -0.1) is 0 Å². The number of pyridine rings is 3. The highest BCUT2D eigenvalue weighted by Crippen LogP contribution is 2.27. The molecule has 0 saturated carbocycles. The van der Waals surface area contributed by atoms with Crippen molar-refractivity contribution >= 4 is 0 Å². The molecule has 5 heteroatoms. The van der Waals surface area contributed by atoms with Crippen LogP contribution in [0, 0.1) is 0 Å². The summed E-state index contributed by atoms with van der Waals surface area (Å²) in [5.41, 5.74) is 6.67. The molecule has 0 spiro atoms. The Hall–Kier alpha value is -4.51. The molecule has 0 atom stereocenters. The monoisotopic (exact) mass is 417 g/mol. The Labute approximate surface area is 185 Å². The van der Waals surface area contributed by atoms with Crippen LogP contribution in [0.3, 0.4) is 0 Å². The van der Waals surface area contributed by atoms with E-state index in [1.165, 1.54) is 0 Å². The van der Waals surface area contributed by atoms with Crippen LogP contribution < -0.4 is 0 Å². The second-order valence-corrected chi connectivity index (χ2v) is 7.37. The first-order valence-corrected chi connectivity index (χ1v) is 10.1. The van der Waals surface area contributed by atoms with Gasteiger partial charge in [-0.1, -0.05) is 42.5 Å². The molecular formula is C27H19N3O2. The maximum Gasteiger partial charge on any atom is 0.116 e. The van der Waals surface area contributed by atoms with Gasteiger partial charge in [0.1, 0.15) is 11.5 Å². The molecule has 3 aromatic heterocycles. The fourth-order valence-electron chi connectivity index (χ4n) is 3.52. The minimum absolute atomic E-state index is 0.225. The zero-order chi connectivity index (χ0) is 21.9. The molecule has 0 radical (unpaired) electrons. The number of hydrogen-bond acceptors (Lipinski definition) is 5. The lowest BCUT2D eigenvalue weighted by molar-refractivity contribution is 0.475. The van der Waals surface area contributed by atoms with Gasteiger partial charge in [-0.3, -0.25) is 9.97 Å². The van der Waals surface area contributed by atoms with Crippen molar-refractivity contribution in [2.75, 3.05) is 0 Å². The highest BCUT2D eigenvalue weighted by molar-refractivity contribution is 5.69. The minimum atomic E-state index is 0.225. The summed E-state index contributed by atoms with van der Waals surface area (Å²) >= 11 is 0. The van der Waals surface area contributed by atoms with Crippen LogP contribution in [0.2, 0.25) is 0 Å². The molecule has 3 heterocycles. The third-order valence-electron chi connectivity index (χ3n) is 5.16. The molecule has 2 aromatic carbocycles. The van der Waals surface area contributed by atoms with Crippen molar-refractivity contribution in [2.45, 2.75) is 0 Å². The topological polar surface area (TPSA) is 79.1 Å². The maximum atomic E-state index is 9.69. The minimum Gasteiger partial charge on any atom is -0.508 e. The first-order chi connectivity index (χ1) is 15.7. The third-order valence-corrected chi connectivity index (χ3v) is 5.16. The van der Waals surface area contributed by atoms with E-state index in [4.69, 9.17) is 4.98 Å². The van der Waals surface area contributed by atoms with Crippen molar-refractivity contribution in [1.82, 2.24) is 15.0 Å². The molecule has 154 valence electrons. The van der Waals surface area contributed by atoms with Crippen molar-refractivity contribution < 1.29 is 10.2 Å². The van der Waals surface area contributed by atoms with Crippen LogP contribution in [-0.4, -0.2) is 25.2 Å². The fraction of sp³-hybridized carbons (Fsp3) is 0. The van der Waals surface area contributed by atoms with E-state index in [0.717, 1.165) is 45.0 Å². The second kappa shape index (κ2) is 8.32. The summed E-state index contributed by atoms with van der Waals surface area (Å²) in [6, 6.07) is 27.7. The fourth-order valence-corrected chi connectivity index (χ4v) is 3.52. The van der Waals surface area contributed by atoms with E-state index in [2.05, 4.69) is 9.97 Å². The van der Waals surface area contributed by atoms with Gasteiger partial charge in [-0.25, -0.2) is 4.98 Å². The zero-order valence-corrected chi connectivity index (χ0v) is 17.1. The molecule has 0 bridgehead atoms. The van der Waals surface area contributed by atoms with Gasteiger partial charge >= 0.3 is 0 Å². The summed E-state index contributed by atoms with van der Waals surface area (Å²) in [5, 5.41) is 19.4. The largest absolute Gasteiger partial charge is 0.508 e. The summed E-state index contributed by atoms with van der Waals surface area (Å²) in [6.07, 6.45) is 3.56. The lowest BCUT2D eigenvalue weighted by Crippen LogP contribution is -1.92. The smallest absolute Gasteiger partial charge is 0.116 e. The first kappa shape index (κ1) is 19.5. The highest BCUT2D eigenvalue weighted by atomic mass is 16.3. The van der Waals surface area contributed by atoms with Crippen LogP contribution in [0.1, 0.15) is 0 Å². The van der Waals surface area contributed by atoms with Crippen molar-refractivity contribution in [3.05, 3.63) is 103 Å². The Morgan fingerprint density at radius 3 is 1.31 bits per heavy atom. The number of nitrogens with zero attached hydrogens (tertiary/aromatic N) is 3. The molecule has 2 N–H and O–H groups in total. The Balaban J connectivity index is 1.41. The molecule has 0 saturated heterocycles. The van der Waals surface area contributed by atoms with E-state index in [9.17, 15) is 10.2 Å². The molecule has 0 unspecified atom stereocenters. The van der Waals surface area contributed by atoms with Crippen LogP contribution >= 0.6 is 0 Å². The van der Waals surface area contributed by atoms with E-state index in [1.807, 2.05) is 66.7 Å². The summed E-state index contributed by atoms with van der Waals surface area (Å²) in [6.45, 7) is 0. The van der Waals surface area contributed by atoms with Gasteiger partial charge < -0.3 is 10.2 Å². The zero-order valence-electron chi connectivity index (χ0n) is 17.1. The van der Waals surface area contributed by atoms with Crippen molar-refractivity contribution in [1.29, 1.82) is 0 Å². The number of hydrogen-bond donors (Lipinski definition) is 2. The molecule has 32 heavy (non-hydrogen) atoms. The number of phenolic OH excluding ortho intramolecular Hbond substituents is 2. The average Bonchev–Trinajstić information content (AvgIpc) is 2.84. The van der Waals surface area contributed by atoms with Crippen LogP contribution in [0.4, 0.5) is 0 Å². The lowest BCUT2D eigenvalue weighted by Gasteiger charge is -2.07. The highest BCUT2D eigenvalue weighted by Gasteiger charge is 2.08. The number of aromatic hydroxyl groups is 2. The Kier molecular flexibility index (Phi) is 5.06. The number of aromatic nitrogens is 3. The molecule has 5 nitrogen and oxygen atoms in total. The number of phenols is 2. The summed E-state index contributed by atoms with van der Waals surface area (Å²) in [4.78, 5) is 13.9. The van der Waals surface area contributed by atoms with Gasteiger partial charge in [0.25, 0.3) is 0 Å². The average molecular weight is 417 g/mol. The van der Waals surface area contributed by atoms with Gasteiger partial charge in [0.05, 0.1) is 22.8 Å². The van der Waals surface area contributed by atoms with E-state index < -0.39 is 0 Å². The number of rotatable bonds is 4. The van der Waals surface area contributed by atoms with Crippen LogP contribution in [-0.2, 0) is 0 Å². The van der Waals surface area contributed by atoms with Gasteiger partial charge in [-0.05, 0) is 59.7 Å². The van der Waals surface area contributed by atoms with Crippen molar-refractivity contribution in [2.24, 2.45) is 0 Å². The quantitative estimate of drug-likeness (QED) is 0.378. The molecule has 5 aromatic rings. The van der Waals surface area contributed by atoms with Gasteiger partial charge in [0.2, 0.25) is 0 Å². The van der Waals surface area contributed by atoms with E-state index >= 15 is 0 Å². The second-order valence-electron chi connectivity index (χ2n) is 7.37. The summed E-state index contributed by atoms with van der Waals surface area (Å²) in [5.74, 6) is 0.451. The first-order valence-electron chi connectivity index (χ1n) is 10.1. The molecule has 0 fully saturated rings. The predicted octanol–water partition coefficient (Wildman–Crippen LogP) is 5.95. The van der Waals surface area contributed by atoms with Crippen LogP contribution in [0.15, 0.2) is 103 Å². The molecule has 0 aliphatic heterocycles. The van der Waals surface area contributed by atoms with Crippen LogP contribution in [0.5, 0.6) is 11.5 Å². The Morgan fingerprint density at radius 2 is 0.906 bits per heavy atom. The van der Waals surface area contributed by atoms with Crippen LogP contribution in [0.25, 0.3) is 45.0 Å².